The van der Waals surface area contributed by atoms with Crippen LogP contribution in [0.4, 0.5) is 0 Å². The molecule has 1 aromatic carbocycles. The largest absolute Gasteiger partial charge is 0.495 e. The summed E-state index contributed by atoms with van der Waals surface area (Å²) in [6.45, 7) is -0.892. The zero-order valence-corrected chi connectivity index (χ0v) is 15.1. The van der Waals surface area contributed by atoms with Gasteiger partial charge in [-0.05, 0) is 30.3 Å². The highest BCUT2D eigenvalue weighted by molar-refractivity contribution is 6.32. The molecule has 26 heavy (non-hydrogen) atoms. The molecule has 0 aliphatic rings. The molecule has 7 nitrogen and oxygen atoms in total. The first kappa shape index (κ1) is 19.7. The number of carbonyl (C=O) groups excluding carboxylic acids is 3. The number of nitrogens with zero attached hydrogens (tertiary/aromatic N) is 1. The van der Waals surface area contributed by atoms with Crippen LogP contribution in [-0.4, -0.2) is 42.9 Å². The van der Waals surface area contributed by atoms with E-state index >= 15 is 0 Å². The zero-order valence-electron chi connectivity index (χ0n) is 13.6. The summed E-state index contributed by atoms with van der Waals surface area (Å²) in [5.74, 6) is -1.37. The van der Waals surface area contributed by atoms with E-state index in [2.05, 4.69) is 10.3 Å². The maximum atomic E-state index is 12.0. The Balaban J connectivity index is 1.82. The molecule has 0 saturated carbocycles. The lowest BCUT2D eigenvalue weighted by molar-refractivity contribution is -0.141. The van der Waals surface area contributed by atoms with Gasteiger partial charge in [-0.15, -0.1) is 0 Å². The van der Waals surface area contributed by atoms with Crippen LogP contribution in [0.5, 0.6) is 5.75 Å². The monoisotopic (exact) mass is 396 g/mol. The van der Waals surface area contributed by atoms with E-state index in [0.29, 0.717) is 10.8 Å². The van der Waals surface area contributed by atoms with Crippen LogP contribution in [0.25, 0.3) is 0 Å². The Morgan fingerprint density at radius 3 is 2.58 bits per heavy atom. The van der Waals surface area contributed by atoms with Gasteiger partial charge < -0.3 is 14.8 Å². The van der Waals surface area contributed by atoms with Crippen molar-refractivity contribution in [2.75, 3.05) is 20.3 Å². The molecule has 1 heterocycles. The quantitative estimate of drug-likeness (QED) is 0.570. The molecule has 0 saturated heterocycles. The van der Waals surface area contributed by atoms with Crippen molar-refractivity contribution in [3.63, 3.8) is 0 Å². The minimum atomic E-state index is -0.770. The van der Waals surface area contributed by atoms with Gasteiger partial charge in [0.2, 0.25) is 0 Å². The van der Waals surface area contributed by atoms with Gasteiger partial charge in [-0.2, -0.15) is 0 Å². The summed E-state index contributed by atoms with van der Waals surface area (Å²) < 4.78 is 9.83. The summed E-state index contributed by atoms with van der Waals surface area (Å²) in [5, 5.41) is 2.94. The Morgan fingerprint density at radius 2 is 1.92 bits per heavy atom. The summed E-state index contributed by atoms with van der Waals surface area (Å²) in [7, 11) is 1.46. The van der Waals surface area contributed by atoms with E-state index in [4.69, 9.17) is 32.7 Å². The number of rotatable bonds is 7. The number of pyridine rings is 1. The minimum Gasteiger partial charge on any atom is -0.495 e. The van der Waals surface area contributed by atoms with E-state index in [-0.39, 0.29) is 16.3 Å². The van der Waals surface area contributed by atoms with Gasteiger partial charge in [0.05, 0.1) is 12.1 Å². The number of hydrogen-bond donors (Lipinski definition) is 1. The Labute approximate surface area is 159 Å². The Kier molecular flexibility index (Phi) is 6.94. The average molecular weight is 397 g/mol. The third-order valence-electron chi connectivity index (χ3n) is 3.19. The van der Waals surface area contributed by atoms with Crippen molar-refractivity contribution in [1.29, 1.82) is 0 Å². The number of amides is 1. The minimum absolute atomic E-state index is 0.0641. The lowest BCUT2D eigenvalue weighted by Gasteiger charge is -2.07. The van der Waals surface area contributed by atoms with Crippen LogP contribution in [0.2, 0.25) is 10.0 Å². The van der Waals surface area contributed by atoms with Gasteiger partial charge >= 0.3 is 5.97 Å². The summed E-state index contributed by atoms with van der Waals surface area (Å²) in [5.41, 5.74) is 0.338. The van der Waals surface area contributed by atoms with Crippen molar-refractivity contribution < 1.29 is 23.9 Å². The van der Waals surface area contributed by atoms with Crippen LogP contribution in [0.15, 0.2) is 36.5 Å². The van der Waals surface area contributed by atoms with Gasteiger partial charge in [0.25, 0.3) is 5.91 Å². The predicted octanol–water partition coefficient (Wildman–Crippen LogP) is 2.55. The highest BCUT2D eigenvalue weighted by Gasteiger charge is 2.14. The van der Waals surface area contributed by atoms with Gasteiger partial charge in [0.15, 0.2) is 12.4 Å². The molecule has 0 radical (unpaired) electrons. The molecular weight excluding hydrogens is 383 g/mol. The average Bonchev–Trinajstić information content (AvgIpc) is 2.64. The number of carbonyl (C=O) groups is 3. The zero-order chi connectivity index (χ0) is 19.1. The lowest BCUT2D eigenvalue weighted by Crippen LogP contribution is -2.32. The Bertz CT molecular complexity index is 842. The smallest absolute Gasteiger partial charge is 0.325 e. The fraction of sp³-hybridized carbons (Fsp3) is 0.176. The normalized spacial score (nSPS) is 10.1. The molecule has 0 atom stereocenters. The van der Waals surface area contributed by atoms with Crippen LogP contribution in [0, 0.1) is 0 Å². The molecule has 0 spiro atoms. The summed E-state index contributed by atoms with van der Waals surface area (Å²) in [6.07, 6.45) is 1.37. The first-order chi connectivity index (χ1) is 12.4. The standard InChI is InChI=1S/C17H14Cl2N2O5/c1-25-15-3-2-10(6-12(15)19)14(22)9-26-16(23)8-21-17(24)13-7-11(18)4-5-20-13/h2-7H,8-9H2,1H3,(H,21,24). The lowest BCUT2D eigenvalue weighted by atomic mass is 10.1. The number of ketones is 1. The van der Waals surface area contributed by atoms with Crippen molar-refractivity contribution in [1.82, 2.24) is 10.3 Å². The summed E-state index contributed by atoms with van der Waals surface area (Å²) >= 11 is 11.7. The number of esters is 1. The number of Topliss-reactive ketones (excluding diaryl/α,β-unsaturated/α-hetero) is 1. The molecular formula is C17H14Cl2N2O5. The van der Waals surface area contributed by atoms with E-state index in [0.717, 1.165) is 0 Å². The van der Waals surface area contributed by atoms with E-state index < -0.39 is 30.8 Å². The predicted molar refractivity (Wildman–Crippen MR) is 94.9 cm³/mol. The van der Waals surface area contributed by atoms with Crippen LogP contribution >= 0.6 is 23.2 Å². The molecule has 1 amide bonds. The highest BCUT2D eigenvalue weighted by Crippen LogP contribution is 2.25. The third kappa shape index (κ3) is 5.44. The van der Waals surface area contributed by atoms with Crippen LogP contribution in [-0.2, 0) is 9.53 Å². The highest BCUT2D eigenvalue weighted by atomic mass is 35.5. The van der Waals surface area contributed by atoms with Gasteiger partial charge in [0.1, 0.15) is 18.0 Å². The van der Waals surface area contributed by atoms with E-state index in [1.165, 1.54) is 43.6 Å². The molecule has 9 heteroatoms. The molecule has 0 bridgehead atoms. The molecule has 0 fully saturated rings. The van der Waals surface area contributed by atoms with Crippen LogP contribution in [0.3, 0.4) is 0 Å². The number of halogens is 2. The molecule has 0 unspecified atom stereocenters. The second-order valence-electron chi connectivity index (χ2n) is 4.98. The molecule has 2 rings (SSSR count). The van der Waals surface area contributed by atoms with E-state index in [9.17, 15) is 14.4 Å². The molecule has 1 aromatic heterocycles. The number of benzene rings is 1. The van der Waals surface area contributed by atoms with Crippen molar-refractivity contribution in [3.8, 4) is 5.75 Å². The second-order valence-corrected chi connectivity index (χ2v) is 5.82. The first-order valence-corrected chi connectivity index (χ1v) is 8.08. The van der Waals surface area contributed by atoms with Gasteiger partial charge in [-0.25, -0.2) is 0 Å². The van der Waals surface area contributed by atoms with Crippen LogP contribution in [0.1, 0.15) is 20.8 Å². The van der Waals surface area contributed by atoms with Crippen molar-refractivity contribution in [3.05, 3.63) is 57.8 Å². The van der Waals surface area contributed by atoms with Gasteiger partial charge in [-0.3, -0.25) is 19.4 Å². The van der Waals surface area contributed by atoms with Gasteiger partial charge in [-0.1, -0.05) is 23.2 Å². The van der Waals surface area contributed by atoms with E-state index in [1.54, 1.807) is 0 Å². The Morgan fingerprint density at radius 1 is 1.15 bits per heavy atom. The molecule has 136 valence electrons. The third-order valence-corrected chi connectivity index (χ3v) is 3.72. The topological polar surface area (TPSA) is 94.6 Å². The second kappa shape index (κ2) is 9.17. The Hall–Kier alpha value is -2.64. The number of methoxy groups -OCH3 is 1. The van der Waals surface area contributed by atoms with Gasteiger partial charge in [0, 0.05) is 16.8 Å². The maximum Gasteiger partial charge on any atom is 0.325 e. The summed E-state index contributed by atoms with van der Waals surface area (Å²) in [6, 6.07) is 7.34. The number of aromatic nitrogens is 1. The van der Waals surface area contributed by atoms with Crippen molar-refractivity contribution in [2.24, 2.45) is 0 Å². The van der Waals surface area contributed by atoms with Crippen molar-refractivity contribution in [2.45, 2.75) is 0 Å². The number of hydrogen-bond acceptors (Lipinski definition) is 6. The first-order valence-electron chi connectivity index (χ1n) is 7.33. The molecule has 2 aromatic rings. The molecule has 0 aliphatic carbocycles. The maximum absolute atomic E-state index is 12.0. The fourth-order valence-corrected chi connectivity index (χ4v) is 2.31. The van der Waals surface area contributed by atoms with Crippen LogP contribution < -0.4 is 10.1 Å². The van der Waals surface area contributed by atoms with E-state index in [1.807, 2.05) is 0 Å². The molecule has 0 aliphatic heterocycles. The molecule has 1 N–H and O–H groups in total. The summed E-state index contributed by atoms with van der Waals surface area (Å²) in [4.78, 5) is 39.3. The van der Waals surface area contributed by atoms with Crippen molar-refractivity contribution >= 4 is 40.9 Å². The number of ether oxygens (including phenoxy) is 2. The SMILES string of the molecule is COc1ccc(C(=O)COC(=O)CNC(=O)c2cc(Cl)ccn2)cc1Cl. The fourth-order valence-electron chi connectivity index (χ4n) is 1.89. The number of nitrogens with one attached hydrogen (secondary N) is 1.